The first-order valence-electron chi connectivity index (χ1n) is 10.5. The molecule has 0 unspecified atom stereocenters. The fourth-order valence-electron chi connectivity index (χ4n) is 3.37. The van der Waals surface area contributed by atoms with Crippen LogP contribution in [0.15, 0.2) is 51.8 Å². The molecule has 194 valence electrons. The number of carboxylic acids is 1. The van der Waals surface area contributed by atoms with Gasteiger partial charge in [0.15, 0.2) is 11.5 Å². The molecule has 1 N–H and O–H groups in total. The number of methoxy groups -OCH3 is 1. The van der Waals surface area contributed by atoms with E-state index in [0.717, 1.165) is 15.6 Å². The SMILES string of the molecule is CCOc1ccc(N(C)S(=O)(=O)c2cc(Cl)sc2-c2nnc(-c3cc(Cl)cc(C(=O)O)c3)o2)cc1OC. The van der Waals surface area contributed by atoms with Crippen LogP contribution >= 0.6 is 34.5 Å². The lowest BCUT2D eigenvalue weighted by Crippen LogP contribution is -2.26. The summed E-state index contributed by atoms with van der Waals surface area (Å²) in [6.07, 6.45) is 0. The minimum absolute atomic E-state index is 0.0440. The highest BCUT2D eigenvalue weighted by Crippen LogP contribution is 2.41. The highest BCUT2D eigenvalue weighted by Gasteiger charge is 2.30. The van der Waals surface area contributed by atoms with Crippen molar-refractivity contribution in [2.75, 3.05) is 25.1 Å². The Bertz CT molecular complexity index is 1580. The third-order valence-electron chi connectivity index (χ3n) is 5.13. The average molecular weight is 584 g/mol. The first-order valence-corrected chi connectivity index (χ1v) is 13.5. The van der Waals surface area contributed by atoms with Crippen LogP contribution in [0.1, 0.15) is 17.3 Å². The Hall–Kier alpha value is -3.32. The molecule has 0 atom stereocenters. The van der Waals surface area contributed by atoms with Gasteiger partial charge in [-0.1, -0.05) is 23.2 Å². The summed E-state index contributed by atoms with van der Waals surface area (Å²) >= 11 is 13.2. The van der Waals surface area contributed by atoms with Crippen molar-refractivity contribution in [3.05, 3.63) is 57.4 Å². The van der Waals surface area contributed by atoms with Crippen LogP contribution in [0.25, 0.3) is 22.2 Å². The van der Waals surface area contributed by atoms with Crippen LogP contribution in [0.2, 0.25) is 9.36 Å². The zero-order chi connectivity index (χ0) is 26.9. The molecule has 2 heterocycles. The summed E-state index contributed by atoms with van der Waals surface area (Å²) in [5.41, 5.74) is 0.506. The zero-order valence-electron chi connectivity index (χ0n) is 19.6. The molecule has 2 aromatic carbocycles. The van der Waals surface area contributed by atoms with Gasteiger partial charge in [0.25, 0.3) is 15.9 Å². The third-order valence-corrected chi connectivity index (χ3v) is 8.54. The van der Waals surface area contributed by atoms with Gasteiger partial charge in [-0.2, -0.15) is 0 Å². The van der Waals surface area contributed by atoms with Gasteiger partial charge in [-0.3, -0.25) is 4.31 Å². The van der Waals surface area contributed by atoms with E-state index in [4.69, 9.17) is 37.1 Å². The predicted octanol–water partition coefficient (Wildman–Crippen LogP) is 5.70. The molecule has 0 spiro atoms. The maximum absolute atomic E-state index is 13.6. The number of thiophene rings is 1. The van der Waals surface area contributed by atoms with Gasteiger partial charge in [-0.05, 0) is 43.3 Å². The largest absolute Gasteiger partial charge is 0.493 e. The number of aromatic nitrogens is 2. The van der Waals surface area contributed by atoms with Crippen molar-refractivity contribution in [1.82, 2.24) is 10.2 Å². The number of carboxylic acid groups (broad SMARTS) is 1. The standard InChI is InChI=1S/C23H19Cl2N3O7S2/c1-4-34-16-6-5-15(10-17(16)33-3)28(2)37(31,32)18-11-19(25)36-20(18)22-27-26-21(35-22)12-7-13(23(29)30)9-14(24)8-12/h5-11H,4H2,1-3H3,(H,29,30). The number of hydrogen-bond acceptors (Lipinski definition) is 9. The van der Waals surface area contributed by atoms with Gasteiger partial charge in [0.2, 0.25) is 5.89 Å². The van der Waals surface area contributed by atoms with Gasteiger partial charge in [-0.15, -0.1) is 21.5 Å². The lowest BCUT2D eigenvalue weighted by atomic mass is 10.1. The van der Waals surface area contributed by atoms with Crippen molar-refractivity contribution in [2.45, 2.75) is 11.8 Å². The number of aromatic carboxylic acids is 1. The second kappa shape index (κ2) is 10.6. The summed E-state index contributed by atoms with van der Waals surface area (Å²) < 4.78 is 45.0. The highest BCUT2D eigenvalue weighted by atomic mass is 35.5. The fraction of sp³-hybridized carbons (Fsp3) is 0.174. The first-order chi connectivity index (χ1) is 17.5. The number of hydrogen-bond donors (Lipinski definition) is 1. The van der Waals surface area contributed by atoms with Gasteiger partial charge in [0, 0.05) is 23.7 Å². The number of ether oxygens (including phenoxy) is 2. The van der Waals surface area contributed by atoms with Crippen molar-refractivity contribution in [3.63, 3.8) is 0 Å². The number of benzene rings is 2. The molecule has 0 bridgehead atoms. The Morgan fingerprint density at radius 2 is 1.84 bits per heavy atom. The first kappa shape index (κ1) is 26.7. The Morgan fingerprint density at radius 3 is 2.51 bits per heavy atom. The number of sulfonamides is 1. The summed E-state index contributed by atoms with van der Waals surface area (Å²) in [5.74, 6) is -0.494. The van der Waals surface area contributed by atoms with Crippen LogP contribution in [0.4, 0.5) is 5.69 Å². The minimum atomic E-state index is -4.14. The Labute approximate surface area is 226 Å². The molecule has 4 rings (SSSR count). The van der Waals surface area contributed by atoms with E-state index in [9.17, 15) is 18.3 Å². The molecule has 14 heteroatoms. The van der Waals surface area contributed by atoms with Crippen molar-refractivity contribution >= 4 is 56.2 Å². The van der Waals surface area contributed by atoms with Crippen molar-refractivity contribution in [3.8, 4) is 33.7 Å². The molecular weight excluding hydrogens is 565 g/mol. The lowest BCUT2D eigenvalue weighted by Gasteiger charge is -2.21. The minimum Gasteiger partial charge on any atom is -0.493 e. The summed E-state index contributed by atoms with van der Waals surface area (Å²) in [4.78, 5) is 11.3. The Balaban J connectivity index is 1.73. The van der Waals surface area contributed by atoms with Crippen LogP contribution in [-0.2, 0) is 10.0 Å². The molecule has 0 saturated heterocycles. The van der Waals surface area contributed by atoms with E-state index in [-0.39, 0.29) is 42.0 Å². The average Bonchev–Trinajstić information content (AvgIpc) is 3.51. The molecular formula is C23H19Cl2N3O7S2. The number of halogens is 2. The molecule has 0 aliphatic rings. The molecule has 0 aliphatic carbocycles. The van der Waals surface area contributed by atoms with Crippen LogP contribution in [-0.4, -0.2) is 50.5 Å². The topological polar surface area (TPSA) is 132 Å². The summed E-state index contributed by atoms with van der Waals surface area (Å²) in [5, 5.41) is 17.4. The third kappa shape index (κ3) is 5.37. The smallest absolute Gasteiger partial charge is 0.335 e. The molecule has 0 fully saturated rings. The molecule has 37 heavy (non-hydrogen) atoms. The van der Waals surface area contributed by atoms with E-state index in [1.807, 2.05) is 6.92 Å². The Morgan fingerprint density at radius 1 is 1.11 bits per heavy atom. The fourth-order valence-corrected chi connectivity index (χ4v) is 6.50. The second-order valence-electron chi connectivity index (χ2n) is 7.43. The van der Waals surface area contributed by atoms with Gasteiger partial charge >= 0.3 is 5.97 Å². The number of rotatable bonds is 9. The maximum Gasteiger partial charge on any atom is 0.335 e. The summed E-state index contributed by atoms with van der Waals surface area (Å²) in [6, 6.07) is 10.1. The maximum atomic E-state index is 13.6. The molecule has 0 radical (unpaired) electrons. The van der Waals surface area contributed by atoms with Crippen LogP contribution in [0.5, 0.6) is 11.5 Å². The number of carbonyl (C=O) groups is 1. The Kier molecular flexibility index (Phi) is 7.64. The van der Waals surface area contributed by atoms with Gasteiger partial charge in [-0.25, -0.2) is 13.2 Å². The lowest BCUT2D eigenvalue weighted by molar-refractivity contribution is 0.0697. The van der Waals surface area contributed by atoms with Crippen LogP contribution in [0.3, 0.4) is 0 Å². The molecule has 2 aromatic heterocycles. The van der Waals surface area contributed by atoms with Crippen molar-refractivity contribution in [2.24, 2.45) is 0 Å². The van der Waals surface area contributed by atoms with Gasteiger partial charge in [0.05, 0.1) is 29.3 Å². The van der Waals surface area contributed by atoms with Crippen LogP contribution < -0.4 is 13.8 Å². The van der Waals surface area contributed by atoms with E-state index < -0.39 is 16.0 Å². The van der Waals surface area contributed by atoms with E-state index >= 15 is 0 Å². The van der Waals surface area contributed by atoms with Crippen molar-refractivity contribution < 1.29 is 32.2 Å². The summed E-state index contributed by atoms with van der Waals surface area (Å²) in [6.45, 7) is 2.24. The van der Waals surface area contributed by atoms with Crippen molar-refractivity contribution in [1.29, 1.82) is 0 Å². The van der Waals surface area contributed by atoms with E-state index in [2.05, 4.69) is 10.2 Å². The van der Waals surface area contributed by atoms with Crippen LogP contribution in [0, 0.1) is 0 Å². The van der Waals surface area contributed by atoms with E-state index in [1.54, 1.807) is 18.2 Å². The molecule has 4 aromatic rings. The predicted molar refractivity (Wildman–Crippen MR) is 140 cm³/mol. The monoisotopic (exact) mass is 583 g/mol. The highest BCUT2D eigenvalue weighted by molar-refractivity contribution is 7.93. The zero-order valence-corrected chi connectivity index (χ0v) is 22.7. The number of anilines is 1. The molecule has 10 nitrogen and oxygen atoms in total. The second-order valence-corrected chi connectivity index (χ2v) is 11.5. The molecule has 0 saturated carbocycles. The van der Waals surface area contributed by atoms with Gasteiger partial charge in [0.1, 0.15) is 9.77 Å². The van der Waals surface area contributed by atoms with E-state index in [1.165, 1.54) is 38.4 Å². The quantitative estimate of drug-likeness (QED) is 0.263. The normalized spacial score (nSPS) is 11.4. The van der Waals surface area contributed by atoms with Gasteiger partial charge < -0.3 is 19.0 Å². The molecule has 0 aliphatic heterocycles. The number of nitrogens with zero attached hydrogens (tertiary/aromatic N) is 3. The molecule has 0 amide bonds. The summed E-state index contributed by atoms with van der Waals surface area (Å²) in [7, 11) is -1.30. The van der Waals surface area contributed by atoms with E-state index in [0.29, 0.717) is 23.8 Å².